The van der Waals surface area contributed by atoms with E-state index in [2.05, 4.69) is 0 Å². The van der Waals surface area contributed by atoms with Crippen molar-refractivity contribution in [2.24, 2.45) is 0 Å². The lowest BCUT2D eigenvalue weighted by Crippen LogP contribution is -2.63. The van der Waals surface area contributed by atoms with Crippen LogP contribution in [0.2, 0.25) is 5.02 Å². The lowest BCUT2D eigenvalue weighted by Gasteiger charge is -2.43. The highest BCUT2D eigenvalue weighted by Crippen LogP contribution is 2.23. The van der Waals surface area contributed by atoms with Crippen molar-refractivity contribution in [3.63, 3.8) is 0 Å². The van der Waals surface area contributed by atoms with Crippen LogP contribution in [0.15, 0.2) is 24.3 Å². The maximum atomic E-state index is 12.5. The molecular formula is C17H21ClN2O4. The van der Waals surface area contributed by atoms with Crippen LogP contribution >= 0.6 is 11.6 Å². The van der Waals surface area contributed by atoms with Crippen molar-refractivity contribution in [1.29, 1.82) is 0 Å². The van der Waals surface area contributed by atoms with Crippen LogP contribution in [-0.2, 0) is 20.9 Å². The van der Waals surface area contributed by atoms with Crippen molar-refractivity contribution in [1.82, 2.24) is 9.80 Å². The van der Waals surface area contributed by atoms with Gasteiger partial charge in [0, 0.05) is 24.5 Å². The third kappa shape index (κ3) is 3.88. The first kappa shape index (κ1) is 17.2. The Morgan fingerprint density at radius 3 is 2.75 bits per heavy atom. The molecule has 7 heteroatoms. The molecule has 0 aliphatic carbocycles. The topological polar surface area (TPSA) is 70.1 Å². The first-order valence-electron chi connectivity index (χ1n) is 8.13. The van der Waals surface area contributed by atoms with Gasteiger partial charge in [-0.2, -0.15) is 0 Å². The van der Waals surface area contributed by atoms with Crippen molar-refractivity contribution in [2.75, 3.05) is 26.2 Å². The van der Waals surface area contributed by atoms with Gasteiger partial charge < -0.3 is 19.6 Å². The molecule has 24 heavy (non-hydrogen) atoms. The highest BCUT2D eigenvalue weighted by Gasteiger charge is 2.42. The predicted molar refractivity (Wildman–Crippen MR) is 88.4 cm³/mol. The SMILES string of the molecule is O=C1[C@@H]2C[C@H](O)CCN2C(=O)CN1CCOCc1ccc(Cl)cc1. The summed E-state index contributed by atoms with van der Waals surface area (Å²) in [5, 5.41) is 10.4. The fourth-order valence-electron chi connectivity index (χ4n) is 3.16. The van der Waals surface area contributed by atoms with Gasteiger partial charge in [0.05, 0.1) is 25.9 Å². The Labute approximate surface area is 145 Å². The van der Waals surface area contributed by atoms with E-state index < -0.39 is 12.1 Å². The molecule has 0 unspecified atom stereocenters. The third-order valence-electron chi connectivity index (χ3n) is 4.51. The molecule has 2 fully saturated rings. The lowest BCUT2D eigenvalue weighted by atomic mass is 9.96. The standard InChI is InChI=1S/C17H21ClN2O4/c18-13-3-1-12(2-4-13)11-24-8-7-19-10-16(22)20-6-5-14(21)9-15(20)17(19)23/h1-4,14-15,21H,5-11H2/t14-,15+/m1/s1. The zero-order chi connectivity index (χ0) is 17.1. The van der Waals surface area contributed by atoms with Crippen molar-refractivity contribution in [3.05, 3.63) is 34.9 Å². The Balaban J connectivity index is 1.49. The summed E-state index contributed by atoms with van der Waals surface area (Å²) in [6.07, 6.45) is 0.357. The number of aliphatic hydroxyl groups is 1. The van der Waals surface area contributed by atoms with Crippen LogP contribution in [0.25, 0.3) is 0 Å². The molecule has 2 atom stereocenters. The Morgan fingerprint density at radius 1 is 1.25 bits per heavy atom. The molecule has 2 heterocycles. The summed E-state index contributed by atoms with van der Waals surface area (Å²) in [5.41, 5.74) is 1.00. The van der Waals surface area contributed by atoms with E-state index in [1.54, 1.807) is 17.0 Å². The van der Waals surface area contributed by atoms with Crippen LogP contribution in [0, 0.1) is 0 Å². The van der Waals surface area contributed by atoms with Gasteiger partial charge in [-0.15, -0.1) is 0 Å². The quantitative estimate of drug-likeness (QED) is 0.804. The smallest absolute Gasteiger partial charge is 0.246 e. The average Bonchev–Trinajstić information content (AvgIpc) is 2.57. The van der Waals surface area contributed by atoms with Gasteiger partial charge in [-0.05, 0) is 24.1 Å². The number of amides is 2. The van der Waals surface area contributed by atoms with E-state index in [1.807, 2.05) is 12.1 Å². The van der Waals surface area contributed by atoms with Gasteiger partial charge in [-0.1, -0.05) is 23.7 Å². The van der Waals surface area contributed by atoms with Crippen LogP contribution in [0.3, 0.4) is 0 Å². The fraction of sp³-hybridized carbons (Fsp3) is 0.529. The number of piperidine rings is 1. The molecule has 1 N–H and O–H groups in total. The van der Waals surface area contributed by atoms with E-state index in [4.69, 9.17) is 16.3 Å². The number of carbonyl (C=O) groups is 2. The number of benzene rings is 1. The van der Waals surface area contributed by atoms with Crippen molar-refractivity contribution >= 4 is 23.4 Å². The first-order valence-corrected chi connectivity index (χ1v) is 8.51. The number of piperazine rings is 1. The number of hydrogen-bond acceptors (Lipinski definition) is 4. The predicted octanol–water partition coefficient (Wildman–Crippen LogP) is 1.05. The molecule has 0 saturated carbocycles. The second-order valence-electron chi connectivity index (χ2n) is 6.22. The molecule has 0 radical (unpaired) electrons. The van der Waals surface area contributed by atoms with E-state index in [1.165, 1.54) is 4.90 Å². The van der Waals surface area contributed by atoms with Crippen molar-refractivity contribution in [3.8, 4) is 0 Å². The van der Waals surface area contributed by atoms with Gasteiger partial charge in [0.2, 0.25) is 11.8 Å². The van der Waals surface area contributed by atoms with Gasteiger partial charge in [0.1, 0.15) is 6.04 Å². The molecule has 1 aromatic carbocycles. The minimum absolute atomic E-state index is 0.0517. The zero-order valence-corrected chi connectivity index (χ0v) is 14.1. The van der Waals surface area contributed by atoms with Gasteiger partial charge in [0.25, 0.3) is 0 Å². The number of aliphatic hydroxyl groups excluding tert-OH is 1. The number of rotatable bonds is 5. The summed E-state index contributed by atoms with van der Waals surface area (Å²) in [4.78, 5) is 27.8. The molecule has 1 aromatic rings. The summed E-state index contributed by atoms with van der Waals surface area (Å²) >= 11 is 5.83. The summed E-state index contributed by atoms with van der Waals surface area (Å²) < 4.78 is 5.59. The lowest BCUT2D eigenvalue weighted by molar-refractivity contribution is -0.160. The van der Waals surface area contributed by atoms with Gasteiger partial charge in [-0.25, -0.2) is 0 Å². The molecule has 130 valence electrons. The number of hydrogen-bond donors (Lipinski definition) is 1. The number of ether oxygens (including phenoxy) is 1. The number of nitrogens with zero attached hydrogens (tertiary/aromatic N) is 2. The van der Waals surface area contributed by atoms with Gasteiger partial charge >= 0.3 is 0 Å². The molecule has 0 aromatic heterocycles. The molecule has 2 saturated heterocycles. The zero-order valence-electron chi connectivity index (χ0n) is 13.4. The molecule has 2 aliphatic rings. The van der Waals surface area contributed by atoms with Crippen molar-refractivity contribution in [2.45, 2.75) is 31.6 Å². The normalized spacial score (nSPS) is 24.2. The third-order valence-corrected chi connectivity index (χ3v) is 4.76. The molecular weight excluding hydrogens is 332 g/mol. The molecule has 6 nitrogen and oxygen atoms in total. The summed E-state index contributed by atoms with van der Waals surface area (Å²) in [6, 6.07) is 6.86. The molecule has 2 aliphatic heterocycles. The summed E-state index contributed by atoms with van der Waals surface area (Å²) in [7, 11) is 0. The molecule has 2 amide bonds. The Hall–Kier alpha value is -1.63. The highest BCUT2D eigenvalue weighted by molar-refractivity contribution is 6.30. The van der Waals surface area contributed by atoms with Gasteiger partial charge in [-0.3, -0.25) is 9.59 Å². The number of halogens is 1. The van der Waals surface area contributed by atoms with Crippen molar-refractivity contribution < 1.29 is 19.4 Å². The Morgan fingerprint density at radius 2 is 2.00 bits per heavy atom. The van der Waals surface area contributed by atoms with Crippen LogP contribution in [0.4, 0.5) is 0 Å². The summed E-state index contributed by atoms with van der Waals surface area (Å²) in [6.45, 7) is 1.71. The molecule has 0 bridgehead atoms. The highest BCUT2D eigenvalue weighted by atomic mass is 35.5. The van der Waals surface area contributed by atoms with E-state index in [9.17, 15) is 14.7 Å². The second-order valence-corrected chi connectivity index (χ2v) is 6.66. The van der Waals surface area contributed by atoms with Gasteiger partial charge in [0.15, 0.2) is 0 Å². The van der Waals surface area contributed by atoms with E-state index >= 15 is 0 Å². The minimum atomic E-state index is -0.522. The number of fused-ring (bicyclic) bond motifs is 1. The van der Waals surface area contributed by atoms with Crippen LogP contribution < -0.4 is 0 Å². The van der Waals surface area contributed by atoms with Crippen LogP contribution in [-0.4, -0.2) is 65.1 Å². The van der Waals surface area contributed by atoms with E-state index in [0.29, 0.717) is 44.2 Å². The number of carbonyl (C=O) groups excluding carboxylic acids is 2. The maximum Gasteiger partial charge on any atom is 0.246 e. The molecule has 3 rings (SSSR count). The average molecular weight is 353 g/mol. The monoisotopic (exact) mass is 352 g/mol. The Kier molecular flexibility index (Phi) is 5.38. The van der Waals surface area contributed by atoms with E-state index in [-0.39, 0.29) is 18.4 Å². The van der Waals surface area contributed by atoms with E-state index in [0.717, 1.165) is 5.56 Å². The minimum Gasteiger partial charge on any atom is -0.393 e. The van der Waals surface area contributed by atoms with Crippen LogP contribution in [0.5, 0.6) is 0 Å². The second kappa shape index (κ2) is 7.51. The van der Waals surface area contributed by atoms with Crippen LogP contribution in [0.1, 0.15) is 18.4 Å². The maximum absolute atomic E-state index is 12.5. The Bertz CT molecular complexity index is 607. The first-order chi connectivity index (χ1) is 11.5. The fourth-order valence-corrected chi connectivity index (χ4v) is 3.28. The largest absolute Gasteiger partial charge is 0.393 e. The molecule has 0 spiro atoms. The summed E-state index contributed by atoms with van der Waals surface area (Å²) in [5.74, 6) is -0.146.